The van der Waals surface area contributed by atoms with Crippen LogP contribution in [0.3, 0.4) is 0 Å². The van der Waals surface area contributed by atoms with Crippen molar-refractivity contribution in [3.8, 4) is 0 Å². The summed E-state index contributed by atoms with van der Waals surface area (Å²) in [6.45, 7) is 1.69. The van der Waals surface area contributed by atoms with Gasteiger partial charge in [0.25, 0.3) is 0 Å². The molecule has 0 saturated carbocycles. The van der Waals surface area contributed by atoms with Gasteiger partial charge in [-0.25, -0.2) is 13.2 Å². The lowest BCUT2D eigenvalue weighted by Crippen LogP contribution is -2.36. The zero-order valence-corrected chi connectivity index (χ0v) is 15.4. The monoisotopic (exact) mass is 390 g/mol. The molecule has 1 saturated heterocycles. The molecule has 1 aliphatic heterocycles. The number of nitrogens with zero attached hydrogens (tertiary/aromatic N) is 1. The van der Waals surface area contributed by atoms with E-state index in [4.69, 9.17) is 0 Å². The van der Waals surface area contributed by atoms with Crippen molar-refractivity contribution in [1.29, 1.82) is 0 Å². The predicted octanol–water partition coefficient (Wildman–Crippen LogP) is 4.03. The summed E-state index contributed by atoms with van der Waals surface area (Å²) >= 11 is 0. The van der Waals surface area contributed by atoms with Crippen LogP contribution in [0.5, 0.6) is 0 Å². The first-order chi connectivity index (χ1) is 13.4. The van der Waals surface area contributed by atoms with E-state index in [1.807, 2.05) is 0 Å². The molecule has 1 heterocycles. The lowest BCUT2D eigenvalue weighted by Gasteiger charge is -2.28. The highest BCUT2D eigenvalue weighted by Crippen LogP contribution is 2.34. The van der Waals surface area contributed by atoms with Crippen LogP contribution in [0.25, 0.3) is 0 Å². The summed E-state index contributed by atoms with van der Waals surface area (Å²) in [6, 6.07) is 8.03. The average Bonchev–Trinajstić information content (AvgIpc) is 3.11. The molecule has 2 atom stereocenters. The maximum Gasteiger partial charge on any atom is 0.225 e. The molecular formula is C21H21F3N2O2. The Morgan fingerprint density at radius 2 is 1.82 bits per heavy atom. The zero-order chi connectivity index (χ0) is 20.3. The first-order valence-corrected chi connectivity index (χ1v) is 9.12. The van der Waals surface area contributed by atoms with Gasteiger partial charge in [0, 0.05) is 19.0 Å². The lowest BCUT2D eigenvalue weighted by molar-refractivity contribution is -0.133. The molecule has 0 spiro atoms. The number of carbonyl (C=O) groups excluding carboxylic acids is 2. The van der Waals surface area contributed by atoms with Crippen molar-refractivity contribution in [3.63, 3.8) is 0 Å². The van der Waals surface area contributed by atoms with Gasteiger partial charge in [0.1, 0.15) is 17.5 Å². The summed E-state index contributed by atoms with van der Waals surface area (Å²) in [5.74, 6) is -2.89. The normalized spacial score (nSPS) is 17.4. The third kappa shape index (κ3) is 4.35. The van der Waals surface area contributed by atoms with E-state index >= 15 is 0 Å². The second kappa shape index (κ2) is 8.46. The molecule has 7 heteroatoms. The SMILES string of the molecule is CC(=O)NC(CC(=O)N1CCCC1c1cccc(F)c1)c1c(F)cccc1F. The summed E-state index contributed by atoms with van der Waals surface area (Å²) in [6.07, 6.45) is 1.13. The first kappa shape index (κ1) is 19.9. The van der Waals surface area contributed by atoms with Gasteiger partial charge < -0.3 is 10.2 Å². The van der Waals surface area contributed by atoms with E-state index in [1.54, 1.807) is 17.0 Å². The highest BCUT2D eigenvalue weighted by Gasteiger charge is 2.33. The van der Waals surface area contributed by atoms with E-state index in [0.29, 0.717) is 18.5 Å². The fourth-order valence-electron chi connectivity index (χ4n) is 3.73. The smallest absolute Gasteiger partial charge is 0.225 e. The Balaban J connectivity index is 1.84. The number of rotatable bonds is 5. The van der Waals surface area contributed by atoms with Crippen molar-refractivity contribution in [1.82, 2.24) is 10.2 Å². The number of nitrogens with one attached hydrogen (secondary N) is 1. The van der Waals surface area contributed by atoms with E-state index in [9.17, 15) is 22.8 Å². The minimum atomic E-state index is -1.13. The molecule has 2 amide bonds. The second-order valence-electron chi connectivity index (χ2n) is 6.89. The van der Waals surface area contributed by atoms with E-state index < -0.39 is 23.6 Å². The maximum absolute atomic E-state index is 14.2. The molecule has 28 heavy (non-hydrogen) atoms. The van der Waals surface area contributed by atoms with Gasteiger partial charge in [-0.05, 0) is 42.7 Å². The Labute approximate surface area is 161 Å². The molecular weight excluding hydrogens is 369 g/mol. The van der Waals surface area contributed by atoms with E-state index in [1.165, 1.54) is 25.1 Å². The molecule has 0 aromatic heterocycles. The molecule has 1 N–H and O–H groups in total. The molecule has 0 bridgehead atoms. The Morgan fingerprint density at radius 1 is 1.14 bits per heavy atom. The average molecular weight is 390 g/mol. The highest BCUT2D eigenvalue weighted by molar-refractivity contribution is 5.80. The van der Waals surface area contributed by atoms with Gasteiger partial charge in [0.15, 0.2) is 0 Å². The van der Waals surface area contributed by atoms with Crippen molar-refractivity contribution in [2.75, 3.05) is 6.54 Å². The number of benzene rings is 2. The molecule has 4 nitrogen and oxygen atoms in total. The van der Waals surface area contributed by atoms with Crippen molar-refractivity contribution in [2.24, 2.45) is 0 Å². The third-order valence-electron chi connectivity index (χ3n) is 4.91. The van der Waals surface area contributed by atoms with Crippen LogP contribution in [0, 0.1) is 17.5 Å². The summed E-state index contributed by atoms with van der Waals surface area (Å²) in [7, 11) is 0. The van der Waals surface area contributed by atoms with Crippen LogP contribution in [-0.2, 0) is 9.59 Å². The van der Waals surface area contributed by atoms with Crippen LogP contribution < -0.4 is 5.32 Å². The Morgan fingerprint density at radius 3 is 2.46 bits per heavy atom. The second-order valence-corrected chi connectivity index (χ2v) is 6.89. The van der Waals surface area contributed by atoms with Gasteiger partial charge in [0.2, 0.25) is 11.8 Å². The third-order valence-corrected chi connectivity index (χ3v) is 4.91. The number of hydrogen-bond donors (Lipinski definition) is 1. The van der Waals surface area contributed by atoms with Crippen molar-refractivity contribution in [3.05, 3.63) is 71.0 Å². The van der Waals surface area contributed by atoms with Crippen LogP contribution in [0.4, 0.5) is 13.2 Å². The quantitative estimate of drug-likeness (QED) is 0.838. The van der Waals surface area contributed by atoms with E-state index in [-0.39, 0.29) is 29.8 Å². The summed E-state index contributed by atoms with van der Waals surface area (Å²) in [5, 5.41) is 2.47. The molecule has 0 radical (unpaired) electrons. The van der Waals surface area contributed by atoms with E-state index in [0.717, 1.165) is 18.6 Å². The summed E-state index contributed by atoms with van der Waals surface area (Å²) in [4.78, 5) is 26.1. The predicted molar refractivity (Wildman–Crippen MR) is 97.6 cm³/mol. The summed E-state index contributed by atoms with van der Waals surface area (Å²) < 4.78 is 42.0. The maximum atomic E-state index is 14.2. The zero-order valence-electron chi connectivity index (χ0n) is 15.4. The van der Waals surface area contributed by atoms with Gasteiger partial charge in [-0.3, -0.25) is 9.59 Å². The minimum absolute atomic E-state index is 0.288. The van der Waals surface area contributed by atoms with Crippen molar-refractivity contribution >= 4 is 11.8 Å². The molecule has 2 aromatic rings. The fraction of sp³-hybridized carbons (Fsp3) is 0.333. The standard InChI is InChI=1S/C21H21F3N2O2/c1-13(27)25-18(21-16(23)7-3-8-17(21)24)12-20(28)26-10-4-9-19(26)14-5-2-6-15(22)11-14/h2-3,5-8,11,18-19H,4,9-10,12H2,1H3,(H,25,27). The van der Waals surface area contributed by atoms with Gasteiger partial charge in [-0.15, -0.1) is 0 Å². The largest absolute Gasteiger partial charge is 0.349 e. The van der Waals surface area contributed by atoms with Crippen molar-refractivity contribution in [2.45, 2.75) is 38.3 Å². The Hall–Kier alpha value is -2.83. The minimum Gasteiger partial charge on any atom is -0.349 e. The molecule has 1 fully saturated rings. The van der Waals surface area contributed by atoms with Crippen LogP contribution in [0.1, 0.15) is 49.4 Å². The molecule has 1 aliphatic rings. The molecule has 3 rings (SSSR count). The van der Waals surface area contributed by atoms with Crippen LogP contribution in [-0.4, -0.2) is 23.3 Å². The molecule has 2 unspecified atom stereocenters. The number of amides is 2. The van der Waals surface area contributed by atoms with Gasteiger partial charge in [-0.2, -0.15) is 0 Å². The Kier molecular flexibility index (Phi) is 6.02. The van der Waals surface area contributed by atoms with E-state index in [2.05, 4.69) is 5.32 Å². The molecule has 148 valence electrons. The number of likely N-dealkylation sites (tertiary alicyclic amines) is 1. The number of halogens is 3. The number of carbonyl (C=O) groups is 2. The fourth-order valence-corrected chi connectivity index (χ4v) is 3.73. The van der Waals surface area contributed by atoms with Crippen molar-refractivity contribution < 1.29 is 22.8 Å². The Bertz CT molecular complexity index is 867. The van der Waals surface area contributed by atoms with Gasteiger partial charge in [-0.1, -0.05) is 18.2 Å². The van der Waals surface area contributed by atoms with Gasteiger partial charge in [0.05, 0.1) is 18.5 Å². The molecule has 2 aromatic carbocycles. The van der Waals surface area contributed by atoms with Crippen LogP contribution in [0.2, 0.25) is 0 Å². The first-order valence-electron chi connectivity index (χ1n) is 9.12. The number of hydrogen-bond acceptors (Lipinski definition) is 2. The van der Waals surface area contributed by atoms with Crippen LogP contribution in [0.15, 0.2) is 42.5 Å². The lowest BCUT2D eigenvalue weighted by atomic mass is 10.00. The molecule has 0 aliphatic carbocycles. The highest BCUT2D eigenvalue weighted by atomic mass is 19.1. The topological polar surface area (TPSA) is 49.4 Å². The summed E-state index contributed by atoms with van der Waals surface area (Å²) in [5.41, 5.74) is 0.339. The van der Waals surface area contributed by atoms with Crippen LogP contribution >= 0.6 is 0 Å². The van der Waals surface area contributed by atoms with Gasteiger partial charge >= 0.3 is 0 Å².